The number of hydrogen-bond acceptors (Lipinski definition) is 2. The van der Waals surface area contributed by atoms with E-state index in [1.807, 2.05) is 0 Å². The fraction of sp³-hybridized carbons (Fsp3) is 0.375. The van der Waals surface area contributed by atoms with Crippen molar-refractivity contribution in [2.75, 3.05) is 0 Å². The van der Waals surface area contributed by atoms with Crippen LogP contribution in [0.15, 0.2) is 17.6 Å². The van der Waals surface area contributed by atoms with Gasteiger partial charge in [-0.25, -0.2) is 0 Å². The fourth-order valence-corrected chi connectivity index (χ4v) is 0.742. The molecule has 0 aromatic rings. The highest BCUT2D eigenvalue weighted by Crippen LogP contribution is 2.05. The van der Waals surface area contributed by atoms with E-state index in [1.165, 1.54) is 0 Å². The van der Waals surface area contributed by atoms with Gasteiger partial charge < -0.3 is 4.84 Å². The second-order valence-electron chi connectivity index (χ2n) is 2.00. The van der Waals surface area contributed by atoms with Gasteiger partial charge in [0.1, 0.15) is 0 Å². The van der Waals surface area contributed by atoms with Gasteiger partial charge >= 0.3 is 0 Å². The molecule has 10 heavy (non-hydrogen) atoms. The summed E-state index contributed by atoms with van der Waals surface area (Å²) in [7, 11) is 0. The molecule has 2 N–H and O–H groups in total. The van der Waals surface area contributed by atoms with Gasteiger partial charge in [0.25, 0.3) is 0 Å². The highest BCUT2D eigenvalue weighted by atomic mass is 16.6. The second kappa shape index (κ2) is 3.79. The molecule has 0 unspecified atom stereocenters. The maximum absolute atomic E-state index is 4.96. The van der Waals surface area contributed by atoms with Crippen molar-refractivity contribution in [3.8, 4) is 11.8 Å². The smallest absolute Gasteiger partial charge is 0.166 e. The van der Waals surface area contributed by atoms with E-state index in [0.717, 1.165) is 19.3 Å². The number of allylic oxidation sites excluding steroid dienone is 1. The average Bonchev–Trinajstić information content (AvgIpc) is 1.87. The standard InChI is InChI=1S/C8H9NO/c9-10-8-6-4-2-1-3-5-7-8/h5H,2,4,6,9H2. The highest BCUT2D eigenvalue weighted by Gasteiger charge is 1.94. The quantitative estimate of drug-likeness (QED) is 0.332. The monoisotopic (exact) mass is 135 g/mol. The lowest BCUT2D eigenvalue weighted by Gasteiger charge is -1.99. The maximum atomic E-state index is 4.96. The Morgan fingerprint density at radius 2 is 2.50 bits per heavy atom. The summed E-state index contributed by atoms with van der Waals surface area (Å²) in [6.45, 7) is 0. The summed E-state index contributed by atoms with van der Waals surface area (Å²) in [5.74, 6) is 11.4. The zero-order valence-electron chi connectivity index (χ0n) is 5.68. The molecule has 0 fully saturated rings. The van der Waals surface area contributed by atoms with Crippen molar-refractivity contribution >= 4 is 0 Å². The first-order valence-corrected chi connectivity index (χ1v) is 3.22. The van der Waals surface area contributed by atoms with Gasteiger partial charge in [-0.3, -0.25) is 0 Å². The van der Waals surface area contributed by atoms with Crippen LogP contribution in [0.4, 0.5) is 0 Å². The van der Waals surface area contributed by atoms with E-state index in [1.54, 1.807) is 6.08 Å². The normalized spacial score (nSPS) is 15.9. The summed E-state index contributed by atoms with van der Waals surface area (Å²) in [5.41, 5.74) is 2.84. The molecule has 0 spiro atoms. The predicted molar refractivity (Wildman–Crippen MR) is 38.5 cm³/mol. The molecular formula is C8H9NO. The summed E-state index contributed by atoms with van der Waals surface area (Å²) >= 11 is 0. The van der Waals surface area contributed by atoms with Crippen LogP contribution in [-0.4, -0.2) is 0 Å². The SMILES string of the molecule is NOC1=C=CC#CCCC1. The third-order valence-electron chi connectivity index (χ3n) is 1.26. The lowest BCUT2D eigenvalue weighted by molar-refractivity contribution is 0.209. The topological polar surface area (TPSA) is 35.2 Å². The van der Waals surface area contributed by atoms with Gasteiger partial charge in [0.2, 0.25) is 0 Å². The van der Waals surface area contributed by atoms with Crippen molar-refractivity contribution in [3.63, 3.8) is 0 Å². The van der Waals surface area contributed by atoms with Crippen molar-refractivity contribution in [2.45, 2.75) is 19.3 Å². The Morgan fingerprint density at radius 1 is 1.60 bits per heavy atom. The van der Waals surface area contributed by atoms with Crippen molar-refractivity contribution in [3.05, 3.63) is 17.6 Å². The molecule has 0 aliphatic heterocycles. The minimum absolute atomic E-state index is 0.689. The van der Waals surface area contributed by atoms with Crippen LogP contribution in [0, 0.1) is 11.8 Å². The third kappa shape index (κ3) is 1.99. The van der Waals surface area contributed by atoms with Gasteiger partial charge in [0.05, 0.1) is 0 Å². The predicted octanol–water partition coefficient (Wildman–Crippen LogP) is 1.10. The molecule has 2 nitrogen and oxygen atoms in total. The van der Waals surface area contributed by atoms with Crippen LogP contribution in [0.2, 0.25) is 0 Å². The summed E-state index contributed by atoms with van der Waals surface area (Å²) in [6, 6.07) is 0. The Hall–Kier alpha value is -1.16. The van der Waals surface area contributed by atoms with Gasteiger partial charge in [-0.15, -0.1) is 0 Å². The van der Waals surface area contributed by atoms with Crippen molar-refractivity contribution < 1.29 is 4.84 Å². The molecule has 0 aromatic carbocycles. The summed E-state index contributed by atoms with van der Waals surface area (Å²) in [6.07, 6.45) is 4.38. The first kappa shape index (κ1) is 6.95. The largest absolute Gasteiger partial charge is 0.408 e. The molecule has 0 radical (unpaired) electrons. The minimum atomic E-state index is 0.689. The van der Waals surface area contributed by atoms with Crippen molar-refractivity contribution in [1.82, 2.24) is 0 Å². The van der Waals surface area contributed by atoms with Crippen LogP contribution in [-0.2, 0) is 4.84 Å². The lowest BCUT2D eigenvalue weighted by atomic mass is 10.2. The Balaban J connectivity index is 2.72. The number of hydrogen-bond donors (Lipinski definition) is 1. The Morgan fingerprint density at radius 3 is 3.30 bits per heavy atom. The lowest BCUT2D eigenvalue weighted by Crippen LogP contribution is -1.98. The van der Waals surface area contributed by atoms with Gasteiger partial charge in [0.15, 0.2) is 5.76 Å². The molecule has 52 valence electrons. The van der Waals surface area contributed by atoms with Gasteiger partial charge in [-0.2, -0.15) is 5.90 Å². The van der Waals surface area contributed by atoms with Crippen LogP contribution in [0.5, 0.6) is 0 Å². The van der Waals surface area contributed by atoms with Gasteiger partial charge in [0, 0.05) is 18.9 Å². The van der Waals surface area contributed by atoms with Crippen LogP contribution >= 0.6 is 0 Å². The Kier molecular flexibility index (Phi) is 2.63. The molecular weight excluding hydrogens is 126 g/mol. The number of nitrogens with two attached hydrogens (primary N) is 1. The summed E-state index contributed by atoms with van der Waals surface area (Å²) < 4.78 is 0. The molecule has 2 heteroatoms. The molecule has 0 aromatic heterocycles. The first-order valence-electron chi connectivity index (χ1n) is 3.22. The maximum Gasteiger partial charge on any atom is 0.166 e. The van der Waals surface area contributed by atoms with Crippen LogP contribution in [0.25, 0.3) is 0 Å². The summed E-state index contributed by atoms with van der Waals surface area (Å²) in [4.78, 5) is 4.53. The zero-order valence-corrected chi connectivity index (χ0v) is 5.68. The zero-order chi connectivity index (χ0) is 7.23. The molecule has 1 aliphatic carbocycles. The first-order chi connectivity index (χ1) is 4.93. The van der Waals surface area contributed by atoms with Crippen LogP contribution in [0.1, 0.15) is 19.3 Å². The average molecular weight is 135 g/mol. The third-order valence-corrected chi connectivity index (χ3v) is 1.26. The molecule has 0 atom stereocenters. The highest BCUT2D eigenvalue weighted by molar-refractivity contribution is 5.17. The molecule has 0 saturated heterocycles. The Bertz CT molecular complexity index is 225. The second-order valence-corrected chi connectivity index (χ2v) is 2.00. The molecule has 1 rings (SSSR count). The van der Waals surface area contributed by atoms with E-state index in [4.69, 9.17) is 5.90 Å². The van der Waals surface area contributed by atoms with E-state index in [9.17, 15) is 0 Å². The fourth-order valence-electron chi connectivity index (χ4n) is 0.742. The van der Waals surface area contributed by atoms with E-state index in [2.05, 4.69) is 22.4 Å². The Labute approximate surface area is 60.3 Å². The van der Waals surface area contributed by atoms with E-state index in [-0.39, 0.29) is 0 Å². The van der Waals surface area contributed by atoms with Crippen molar-refractivity contribution in [2.24, 2.45) is 5.90 Å². The van der Waals surface area contributed by atoms with Gasteiger partial charge in [-0.1, -0.05) is 17.6 Å². The minimum Gasteiger partial charge on any atom is -0.408 e. The van der Waals surface area contributed by atoms with E-state index >= 15 is 0 Å². The molecule has 0 amide bonds. The molecule has 1 aliphatic rings. The molecule has 0 bridgehead atoms. The van der Waals surface area contributed by atoms with E-state index in [0.29, 0.717) is 5.76 Å². The van der Waals surface area contributed by atoms with E-state index < -0.39 is 0 Å². The molecule has 0 heterocycles. The van der Waals surface area contributed by atoms with Crippen molar-refractivity contribution in [1.29, 1.82) is 0 Å². The van der Waals surface area contributed by atoms with Gasteiger partial charge in [-0.05, 0) is 6.42 Å². The summed E-state index contributed by atoms with van der Waals surface area (Å²) in [5, 5.41) is 0. The van der Waals surface area contributed by atoms with Crippen LogP contribution in [0.3, 0.4) is 0 Å². The molecule has 0 saturated carbocycles. The number of rotatable bonds is 1. The van der Waals surface area contributed by atoms with Crippen LogP contribution < -0.4 is 5.90 Å².